The molecule has 0 fully saturated rings. The van der Waals surface area contributed by atoms with E-state index < -0.39 is 0 Å². The van der Waals surface area contributed by atoms with E-state index in [1.165, 1.54) is 0 Å². The van der Waals surface area contributed by atoms with Gasteiger partial charge in [0, 0.05) is 29.4 Å². The molecule has 5 heteroatoms. The second-order valence-corrected chi connectivity index (χ2v) is 5.71. The molecule has 5 nitrogen and oxygen atoms in total. The number of amides is 2. The first-order valence-corrected chi connectivity index (χ1v) is 8.07. The first-order chi connectivity index (χ1) is 11.8. The summed E-state index contributed by atoms with van der Waals surface area (Å²) in [6, 6.07) is 17.1. The highest BCUT2D eigenvalue weighted by Gasteiger charge is 2.14. The van der Waals surface area contributed by atoms with Gasteiger partial charge in [-0.3, -0.25) is 0 Å². The van der Waals surface area contributed by atoms with E-state index >= 15 is 0 Å². The molecule has 1 unspecified atom stereocenters. The topological polar surface area (TPSA) is 77.2 Å². The van der Waals surface area contributed by atoms with Gasteiger partial charge in [-0.1, -0.05) is 30.3 Å². The molecule has 0 spiro atoms. The number of carbonyl (C=O) groups excluding carboxylic acids is 1. The van der Waals surface area contributed by atoms with Crippen LogP contribution in [0.25, 0.3) is 10.9 Å². The van der Waals surface area contributed by atoms with Crippen molar-refractivity contribution in [3.05, 3.63) is 66.4 Å². The summed E-state index contributed by atoms with van der Waals surface area (Å²) in [5, 5.41) is 16.0. The van der Waals surface area contributed by atoms with Crippen molar-refractivity contribution in [1.82, 2.24) is 10.3 Å². The fourth-order valence-corrected chi connectivity index (χ4v) is 2.76. The maximum absolute atomic E-state index is 12.3. The minimum atomic E-state index is -0.253. The average molecular weight is 323 g/mol. The maximum atomic E-state index is 12.3. The highest BCUT2D eigenvalue weighted by molar-refractivity contribution is 5.92. The van der Waals surface area contributed by atoms with Crippen molar-refractivity contribution in [3.63, 3.8) is 0 Å². The molecule has 0 bridgehead atoms. The van der Waals surface area contributed by atoms with Gasteiger partial charge in [-0.25, -0.2) is 4.79 Å². The van der Waals surface area contributed by atoms with Gasteiger partial charge in [-0.05, 0) is 42.7 Å². The Kier molecular flexibility index (Phi) is 5.13. The van der Waals surface area contributed by atoms with E-state index in [1.54, 1.807) is 0 Å². The number of carbonyl (C=O) groups is 1. The van der Waals surface area contributed by atoms with E-state index in [9.17, 15) is 4.79 Å². The van der Waals surface area contributed by atoms with Gasteiger partial charge in [0.25, 0.3) is 0 Å². The Bertz CT molecular complexity index is 798. The Morgan fingerprint density at radius 1 is 1.12 bits per heavy atom. The number of aromatic nitrogens is 1. The van der Waals surface area contributed by atoms with E-state index in [0.29, 0.717) is 12.8 Å². The van der Waals surface area contributed by atoms with Crippen LogP contribution in [0.15, 0.2) is 60.8 Å². The molecule has 4 N–H and O–H groups in total. The molecule has 0 radical (unpaired) electrons. The number of hydrogen-bond acceptors (Lipinski definition) is 2. The zero-order valence-electron chi connectivity index (χ0n) is 13.3. The molecule has 0 aliphatic carbocycles. The lowest BCUT2D eigenvalue weighted by Crippen LogP contribution is -2.32. The van der Waals surface area contributed by atoms with Gasteiger partial charge in [0.15, 0.2) is 0 Å². The van der Waals surface area contributed by atoms with E-state index in [1.807, 2.05) is 60.8 Å². The quantitative estimate of drug-likeness (QED) is 0.557. The Morgan fingerprint density at radius 2 is 1.96 bits per heavy atom. The van der Waals surface area contributed by atoms with E-state index in [0.717, 1.165) is 22.2 Å². The molecule has 0 aliphatic rings. The van der Waals surface area contributed by atoms with Crippen molar-refractivity contribution in [1.29, 1.82) is 0 Å². The fraction of sp³-hybridized carbons (Fsp3) is 0.211. The summed E-state index contributed by atoms with van der Waals surface area (Å²) in [6.07, 6.45) is 3.19. The van der Waals surface area contributed by atoms with Gasteiger partial charge in [0.2, 0.25) is 0 Å². The molecule has 3 rings (SSSR count). The summed E-state index contributed by atoms with van der Waals surface area (Å²) in [7, 11) is 0. The molecule has 3 aromatic rings. The largest absolute Gasteiger partial charge is 0.396 e. The smallest absolute Gasteiger partial charge is 0.319 e. The predicted molar refractivity (Wildman–Crippen MR) is 96.0 cm³/mol. The summed E-state index contributed by atoms with van der Waals surface area (Å²) in [6.45, 7) is 0.108. The number of hydrogen-bond donors (Lipinski definition) is 4. The Hall–Kier alpha value is -2.79. The van der Waals surface area contributed by atoms with E-state index in [4.69, 9.17) is 5.11 Å². The van der Waals surface area contributed by atoms with Gasteiger partial charge >= 0.3 is 6.03 Å². The first-order valence-electron chi connectivity index (χ1n) is 8.07. The molecule has 2 aromatic carbocycles. The van der Waals surface area contributed by atoms with E-state index in [-0.39, 0.29) is 18.7 Å². The van der Waals surface area contributed by atoms with Gasteiger partial charge in [-0.15, -0.1) is 0 Å². The standard InChI is InChI=1S/C19H21N3O2/c23-12-4-7-18(14-5-2-1-3-6-14)22-19(24)21-16-8-9-17-15(13-16)10-11-20-17/h1-3,5-6,8-11,13,18,20,23H,4,7,12H2,(H2,21,22,24). The minimum Gasteiger partial charge on any atom is -0.396 e. The molecular weight excluding hydrogens is 302 g/mol. The molecule has 0 aliphatic heterocycles. The first kappa shape index (κ1) is 16.1. The Labute approximate surface area is 140 Å². The summed E-state index contributed by atoms with van der Waals surface area (Å²) < 4.78 is 0. The van der Waals surface area contributed by atoms with Crippen molar-refractivity contribution in [2.24, 2.45) is 0 Å². The number of anilines is 1. The van der Waals surface area contributed by atoms with Crippen molar-refractivity contribution in [3.8, 4) is 0 Å². The third kappa shape index (κ3) is 3.94. The van der Waals surface area contributed by atoms with Crippen LogP contribution >= 0.6 is 0 Å². The fourth-order valence-electron chi connectivity index (χ4n) is 2.76. The number of urea groups is 1. The van der Waals surface area contributed by atoms with Crippen LogP contribution in [-0.4, -0.2) is 22.7 Å². The van der Waals surface area contributed by atoms with Crippen LogP contribution < -0.4 is 10.6 Å². The van der Waals surface area contributed by atoms with Crippen LogP contribution in [0, 0.1) is 0 Å². The Morgan fingerprint density at radius 3 is 2.75 bits per heavy atom. The lowest BCUT2D eigenvalue weighted by molar-refractivity contribution is 0.244. The van der Waals surface area contributed by atoms with E-state index in [2.05, 4.69) is 15.6 Å². The van der Waals surface area contributed by atoms with Crippen molar-refractivity contribution in [2.75, 3.05) is 11.9 Å². The maximum Gasteiger partial charge on any atom is 0.319 e. The summed E-state index contributed by atoms with van der Waals surface area (Å²) in [5.74, 6) is 0. The molecule has 24 heavy (non-hydrogen) atoms. The lowest BCUT2D eigenvalue weighted by atomic mass is 10.0. The number of fused-ring (bicyclic) bond motifs is 1. The monoisotopic (exact) mass is 323 g/mol. The van der Waals surface area contributed by atoms with Crippen molar-refractivity contribution in [2.45, 2.75) is 18.9 Å². The van der Waals surface area contributed by atoms with Crippen LogP contribution in [-0.2, 0) is 0 Å². The molecule has 2 amide bonds. The lowest BCUT2D eigenvalue weighted by Gasteiger charge is -2.19. The highest BCUT2D eigenvalue weighted by atomic mass is 16.3. The van der Waals surface area contributed by atoms with Gasteiger partial charge in [-0.2, -0.15) is 0 Å². The number of aliphatic hydroxyl groups excluding tert-OH is 1. The van der Waals surface area contributed by atoms with Crippen molar-refractivity contribution >= 4 is 22.6 Å². The minimum absolute atomic E-state index is 0.108. The number of rotatable bonds is 6. The number of aromatic amines is 1. The summed E-state index contributed by atoms with van der Waals surface area (Å²) in [5.41, 5.74) is 2.81. The third-order valence-corrected chi connectivity index (χ3v) is 3.97. The molecule has 0 saturated carbocycles. The molecular formula is C19H21N3O2. The zero-order valence-corrected chi connectivity index (χ0v) is 13.3. The van der Waals surface area contributed by atoms with Crippen LogP contribution in [0.4, 0.5) is 10.5 Å². The summed E-state index contributed by atoms with van der Waals surface area (Å²) >= 11 is 0. The molecule has 1 atom stereocenters. The number of H-pyrrole nitrogens is 1. The summed E-state index contributed by atoms with van der Waals surface area (Å²) in [4.78, 5) is 15.5. The number of aliphatic hydroxyl groups is 1. The predicted octanol–water partition coefficient (Wildman–Crippen LogP) is 3.80. The third-order valence-electron chi connectivity index (χ3n) is 3.97. The van der Waals surface area contributed by atoms with Crippen LogP contribution in [0.3, 0.4) is 0 Å². The molecule has 1 heterocycles. The SMILES string of the molecule is O=C(Nc1ccc2[nH]ccc2c1)NC(CCCO)c1ccccc1. The average Bonchev–Trinajstić information content (AvgIpc) is 3.07. The molecule has 1 aromatic heterocycles. The highest BCUT2D eigenvalue weighted by Crippen LogP contribution is 2.20. The number of nitrogens with one attached hydrogen (secondary N) is 3. The second-order valence-electron chi connectivity index (χ2n) is 5.71. The molecule has 124 valence electrons. The van der Waals surface area contributed by atoms with Gasteiger partial charge < -0.3 is 20.7 Å². The normalized spacial score (nSPS) is 12.0. The van der Waals surface area contributed by atoms with Crippen LogP contribution in [0.5, 0.6) is 0 Å². The number of benzene rings is 2. The van der Waals surface area contributed by atoms with Crippen LogP contribution in [0.1, 0.15) is 24.4 Å². The molecule has 0 saturated heterocycles. The second kappa shape index (κ2) is 7.66. The van der Waals surface area contributed by atoms with Crippen LogP contribution in [0.2, 0.25) is 0 Å². The Balaban J connectivity index is 1.68. The zero-order chi connectivity index (χ0) is 16.8. The van der Waals surface area contributed by atoms with Gasteiger partial charge in [0.1, 0.15) is 0 Å². The van der Waals surface area contributed by atoms with Gasteiger partial charge in [0.05, 0.1) is 6.04 Å². The van der Waals surface area contributed by atoms with Crippen molar-refractivity contribution < 1.29 is 9.90 Å².